The molecule has 2 aromatic rings. The minimum Gasteiger partial charge on any atom is -0.493 e. The maximum absolute atomic E-state index is 12.0. The molecule has 0 fully saturated rings. The zero-order chi connectivity index (χ0) is 18.9. The number of rotatable bonds is 9. The van der Waals surface area contributed by atoms with Gasteiger partial charge in [-0.05, 0) is 54.8 Å². The Bertz CT molecular complexity index is 749. The van der Waals surface area contributed by atoms with Crippen LogP contribution >= 0.6 is 11.6 Å². The molecular weight excluding hydrogens is 354 g/mol. The van der Waals surface area contributed by atoms with Crippen LogP contribution in [0.25, 0.3) is 0 Å². The molecule has 0 saturated carbocycles. The van der Waals surface area contributed by atoms with E-state index in [1.165, 1.54) is 0 Å². The number of hydrogen-bond acceptors (Lipinski definition) is 4. The Kier molecular flexibility index (Phi) is 7.60. The van der Waals surface area contributed by atoms with Gasteiger partial charge in [0.25, 0.3) is 5.91 Å². The lowest BCUT2D eigenvalue weighted by molar-refractivity contribution is -0.123. The topological polar surface area (TPSA) is 56.8 Å². The van der Waals surface area contributed by atoms with Crippen LogP contribution in [0.3, 0.4) is 0 Å². The molecule has 0 aliphatic carbocycles. The molecular formula is C20H24ClNO4. The summed E-state index contributed by atoms with van der Waals surface area (Å²) in [4.78, 5) is 12.0. The van der Waals surface area contributed by atoms with Crippen LogP contribution in [-0.4, -0.2) is 26.2 Å². The molecule has 0 unspecified atom stereocenters. The fourth-order valence-corrected chi connectivity index (χ4v) is 2.55. The Labute approximate surface area is 159 Å². The number of benzene rings is 2. The van der Waals surface area contributed by atoms with Crippen molar-refractivity contribution >= 4 is 17.5 Å². The predicted molar refractivity (Wildman–Crippen MR) is 102 cm³/mol. The van der Waals surface area contributed by atoms with E-state index in [1.807, 2.05) is 32.0 Å². The van der Waals surface area contributed by atoms with Gasteiger partial charge in [-0.2, -0.15) is 0 Å². The van der Waals surface area contributed by atoms with Gasteiger partial charge < -0.3 is 19.5 Å². The zero-order valence-corrected chi connectivity index (χ0v) is 16.1. The number of methoxy groups -OCH3 is 1. The van der Waals surface area contributed by atoms with Crippen LogP contribution in [0.15, 0.2) is 36.4 Å². The average Bonchev–Trinajstić information content (AvgIpc) is 2.64. The fourth-order valence-electron chi connectivity index (χ4n) is 2.32. The van der Waals surface area contributed by atoms with Crippen LogP contribution in [0.4, 0.5) is 0 Å². The largest absolute Gasteiger partial charge is 0.493 e. The third-order valence-corrected chi connectivity index (χ3v) is 3.91. The lowest BCUT2D eigenvalue weighted by atomic mass is 10.2. The van der Waals surface area contributed by atoms with Gasteiger partial charge in [-0.3, -0.25) is 4.79 Å². The van der Waals surface area contributed by atoms with Gasteiger partial charge in [-0.1, -0.05) is 24.6 Å². The normalized spacial score (nSPS) is 10.3. The third-order valence-electron chi connectivity index (χ3n) is 3.68. The van der Waals surface area contributed by atoms with Gasteiger partial charge in [0.05, 0.1) is 13.7 Å². The van der Waals surface area contributed by atoms with Gasteiger partial charge in [0, 0.05) is 11.6 Å². The highest BCUT2D eigenvalue weighted by Gasteiger charge is 2.08. The van der Waals surface area contributed by atoms with E-state index in [-0.39, 0.29) is 12.5 Å². The lowest BCUT2D eigenvalue weighted by Gasteiger charge is -2.13. The fraction of sp³-hybridized carbons (Fsp3) is 0.350. The number of hydrogen-bond donors (Lipinski definition) is 1. The second-order valence-electron chi connectivity index (χ2n) is 5.81. The van der Waals surface area contributed by atoms with E-state index in [9.17, 15) is 4.79 Å². The molecule has 0 saturated heterocycles. The summed E-state index contributed by atoms with van der Waals surface area (Å²) < 4.78 is 16.5. The quantitative estimate of drug-likeness (QED) is 0.713. The monoisotopic (exact) mass is 377 g/mol. The Morgan fingerprint density at radius 1 is 1.08 bits per heavy atom. The lowest BCUT2D eigenvalue weighted by Crippen LogP contribution is -2.28. The molecule has 6 heteroatoms. The summed E-state index contributed by atoms with van der Waals surface area (Å²) in [6.07, 6.45) is 0.925. The average molecular weight is 378 g/mol. The number of aryl methyl sites for hydroxylation is 1. The molecule has 1 amide bonds. The molecule has 0 atom stereocenters. The van der Waals surface area contributed by atoms with Crippen molar-refractivity contribution in [3.8, 4) is 17.2 Å². The second kappa shape index (κ2) is 9.92. The van der Waals surface area contributed by atoms with Gasteiger partial charge in [0.1, 0.15) is 5.75 Å². The molecule has 140 valence electrons. The summed E-state index contributed by atoms with van der Waals surface area (Å²) in [6, 6.07) is 10.9. The van der Waals surface area contributed by atoms with Crippen molar-refractivity contribution in [3.63, 3.8) is 0 Å². The minimum atomic E-state index is -0.204. The van der Waals surface area contributed by atoms with E-state index >= 15 is 0 Å². The van der Waals surface area contributed by atoms with Crippen LogP contribution in [0.2, 0.25) is 5.02 Å². The number of carbonyl (C=O) groups is 1. The van der Waals surface area contributed by atoms with E-state index in [2.05, 4.69) is 5.32 Å². The molecule has 0 spiro atoms. The molecule has 0 heterocycles. The summed E-state index contributed by atoms with van der Waals surface area (Å²) in [6.45, 7) is 4.88. The van der Waals surface area contributed by atoms with Crippen LogP contribution in [0.5, 0.6) is 17.2 Å². The molecule has 2 rings (SSSR count). The first-order valence-corrected chi connectivity index (χ1v) is 8.86. The highest BCUT2D eigenvalue weighted by atomic mass is 35.5. The van der Waals surface area contributed by atoms with Crippen molar-refractivity contribution < 1.29 is 19.0 Å². The van der Waals surface area contributed by atoms with E-state index in [1.54, 1.807) is 25.3 Å². The van der Waals surface area contributed by atoms with Crippen LogP contribution < -0.4 is 19.5 Å². The summed E-state index contributed by atoms with van der Waals surface area (Å²) >= 11 is 5.91. The molecule has 26 heavy (non-hydrogen) atoms. The molecule has 0 aliphatic heterocycles. The van der Waals surface area contributed by atoms with Gasteiger partial charge in [0.15, 0.2) is 18.1 Å². The number of ether oxygens (including phenoxy) is 3. The summed E-state index contributed by atoms with van der Waals surface area (Å²) in [5, 5.41) is 3.47. The number of halogens is 1. The van der Waals surface area contributed by atoms with Gasteiger partial charge in [-0.15, -0.1) is 0 Å². The molecule has 1 N–H and O–H groups in total. The van der Waals surface area contributed by atoms with E-state index < -0.39 is 0 Å². The summed E-state index contributed by atoms with van der Waals surface area (Å²) in [5.74, 6) is 1.79. The van der Waals surface area contributed by atoms with Gasteiger partial charge in [-0.25, -0.2) is 0 Å². The first kappa shape index (κ1) is 19.9. The van der Waals surface area contributed by atoms with Crippen molar-refractivity contribution in [2.75, 3.05) is 20.3 Å². The van der Waals surface area contributed by atoms with Crippen LogP contribution in [0.1, 0.15) is 24.5 Å². The minimum absolute atomic E-state index is 0.0582. The first-order valence-electron chi connectivity index (χ1n) is 8.48. The Balaban J connectivity index is 1.86. The van der Waals surface area contributed by atoms with E-state index in [4.69, 9.17) is 25.8 Å². The highest BCUT2D eigenvalue weighted by molar-refractivity contribution is 6.30. The number of amides is 1. The van der Waals surface area contributed by atoms with Crippen LogP contribution in [-0.2, 0) is 11.3 Å². The molecule has 2 aromatic carbocycles. The summed E-state index contributed by atoms with van der Waals surface area (Å²) in [7, 11) is 1.60. The predicted octanol–water partition coefficient (Wildman–Crippen LogP) is 4.14. The van der Waals surface area contributed by atoms with E-state index in [0.717, 1.165) is 17.5 Å². The SMILES string of the molecule is CCCOc1ccc(CNC(=O)COc2ccc(Cl)cc2C)cc1OC. The second-order valence-corrected chi connectivity index (χ2v) is 6.25. The first-order chi connectivity index (χ1) is 12.5. The molecule has 5 nitrogen and oxygen atoms in total. The van der Waals surface area contributed by atoms with Crippen molar-refractivity contribution in [1.82, 2.24) is 5.32 Å². The Hall–Kier alpha value is -2.40. The number of nitrogens with one attached hydrogen (secondary N) is 1. The summed E-state index contributed by atoms with van der Waals surface area (Å²) in [5.41, 5.74) is 1.81. The maximum atomic E-state index is 12.0. The molecule has 0 bridgehead atoms. The molecule has 0 aromatic heterocycles. The van der Waals surface area contributed by atoms with Crippen molar-refractivity contribution in [2.24, 2.45) is 0 Å². The Morgan fingerprint density at radius 3 is 2.54 bits per heavy atom. The van der Waals surface area contributed by atoms with Gasteiger partial charge in [0.2, 0.25) is 0 Å². The highest BCUT2D eigenvalue weighted by Crippen LogP contribution is 2.28. The maximum Gasteiger partial charge on any atom is 0.258 e. The Morgan fingerprint density at radius 2 is 1.85 bits per heavy atom. The molecule has 0 radical (unpaired) electrons. The molecule has 0 aliphatic rings. The zero-order valence-electron chi connectivity index (χ0n) is 15.3. The number of carbonyl (C=O) groups excluding carboxylic acids is 1. The van der Waals surface area contributed by atoms with Crippen molar-refractivity contribution in [3.05, 3.63) is 52.5 Å². The van der Waals surface area contributed by atoms with Gasteiger partial charge >= 0.3 is 0 Å². The van der Waals surface area contributed by atoms with E-state index in [0.29, 0.717) is 35.4 Å². The third kappa shape index (κ3) is 5.85. The van der Waals surface area contributed by atoms with Crippen LogP contribution in [0, 0.1) is 6.92 Å². The van der Waals surface area contributed by atoms with Crippen molar-refractivity contribution in [2.45, 2.75) is 26.8 Å². The smallest absolute Gasteiger partial charge is 0.258 e. The van der Waals surface area contributed by atoms with Crippen molar-refractivity contribution in [1.29, 1.82) is 0 Å². The standard InChI is InChI=1S/C20H24ClNO4/c1-4-9-25-18-7-5-15(11-19(18)24-3)12-22-20(23)13-26-17-8-6-16(21)10-14(17)2/h5-8,10-11H,4,9,12-13H2,1-3H3,(H,22,23).